The number of hydrogen-bond acceptors (Lipinski definition) is 3. The minimum absolute atomic E-state index is 0. The molecule has 0 amide bonds. The van der Waals surface area contributed by atoms with Crippen LogP contribution < -0.4 is 4.74 Å². The van der Waals surface area contributed by atoms with Gasteiger partial charge in [-0.15, -0.1) is 0 Å². The molecule has 8 heteroatoms. The number of hydrogen-bond donors (Lipinski definition) is 2. The van der Waals surface area contributed by atoms with Gasteiger partial charge in [0.1, 0.15) is 5.75 Å². The number of ether oxygens (including phenoxy) is 1. The summed E-state index contributed by atoms with van der Waals surface area (Å²) in [6, 6.07) is 5.86. The maximum absolute atomic E-state index is 10.7. The molecule has 0 unspecified atom stereocenters. The van der Waals surface area contributed by atoms with Gasteiger partial charge in [0.05, 0.1) is 0 Å². The van der Waals surface area contributed by atoms with Crippen LogP contribution in [0.2, 0.25) is 0 Å². The third-order valence-electron chi connectivity index (χ3n) is 2.74. The fourth-order valence-electron chi connectivity index (χ4n) is 1.80. The van der Waals surface area contributed by atoms with Crippen molar-refractivity contribution in [2.24, 2.45) is 0 Å². The van der Waals surface area contributed by atoms with E-state index in [9.17, 15) is 4.57 Å². The van der Waals surface area contributed by atoms with Gasteiger partial charge in [-0.2, -0.15) is 0 Å². The Morgan fingerprint density at radius 3 is 1.81 bits per heavy atom. The molecule has 0 saturated heterocycles. The van der Waals surface area contributed by atoms with Gasteiger partial charge < -0.3 is 14.5 Å². The summed E-state index contributed by atoms with van der Waals surface area (Å²) in [6.07, 6.45) is 0. The van der Waals surface area contributed by atoms with Crippen molar-refractivity contribution in [3.8, 4) is 5.75 Å². The van der Waals surface area contributed by atoms with Gasteiger partial charge in [0.15, 0.2) is 6.79 Å². The first-order valence-electron chi connectivity index (χ1n) is 6.18. The summed E-state index contributed by atoms with van der Waals surface area (Å²) in [4.78, 5) is 17.3. The van der Waals surface area contributed by atoms with Crippen LogP contribution in [0.25, 0.3) is 0 Å². The van der Waals surface area contributed by atoms with Crippen LogP contribution in [0.3, 0.4) is 0 Å². The molecule has 0 spiro atoms. The Hall–Kier alpha value is 1.34. The van der Waals surface area contributed by atoms with Crippen LogP contribution in [0.5, 0.6) is 5.75 Å². The summed E-state index contributed by atoms with van der Waals surface area (Å²) in [7, 11) is -4.51. The van der Waals surface area contributed by atoms with Crippen LogP contribution in [0.4, 0.5) is 0 Å². The molecule has 0 aliphatic heterocycles. The van der Waals surface area contributed by atoms with Crippen molar-refractivity contribution in [1.82, 2.24) is 0 Å². The monoisotopic (exact) mass is 466 g/mol. The van der Waals surface area contributed by atoms with Crippen molar-refractivity contribution < 1.29 is 89.0 Å². The molecule has 2 N–H and O–H groups in total. The van der Waals surface area contributed by atoms with E-state index in [0.717, 1.165) is 11.1 Å². The predicted molar refractivity (Wildman–Crippen MR) is 73.2 cm³/mol. The zero-order chi connectivity index (χ0) is 14.6. The maximum Gasteiger partial charge on any atom is 0.472 e. The summed E-state index contributed by atoms with van der Waals surface area (Å²) in [5.41, 5.74) is 2.00. The van der Waals surface area contributed by atoms with E-state index < -0.39 is 14.6 Å². The van der Waals surface area contributed by atoms with E-state index in [1.807, 2.05) is 45.9 Å². The Labute approximate surface area is 176 Å². The van der Waals surface area contributed by atoms with Gasteiger partial charge in [0, 0.05) is 65.4 Å². The van der Waals surface area contributed by atoms with Crippen molar-refractivity contribution in [3.05, 3.63) is 29.3 Å². The minimum Gasteiger partial charge on any atom is -0.466 e. The molecule has 0 bridgehead atoms. The molecule has 21 heavy (non-hydrogen) atoms. The standard InChI is InChI=1S/C13H21O5P.2Y/c1-9(2)11-6-5-7-12(10(3)4)13(11)17-8-18-19(14,15)16;;/h5-7,9-10H,8H2,1-4H3,(H2,14,15,16);;. The second-order valence-electron chi connectivity index (χ2n) is 4.96. The molecule has 1 aromatic rings. The maximum atomic E-state index is 10.7. The van der Waals surface area contributed by atoms with E-state index in [0.29, 0.717) is 5.75 Å². The molecule has 0 fully saturated rings. The van der Waals surface area contributed by atoms with Crippen LogP contribution in [0.1, 0.15) is 50.7 Å². The largest absolute Gasteiger partial charge is 0.472 e. The van der Waals surface area contributed by atoms with E-state index >= 15 is 0 Å². The molecule has 5 nitrogen and oxygen atoms in total. The SMILES string of the molecule is CC(C)c1cccc(C(C)C)c1OCOP(=O)(O)O.[Y].[Y]. The van der Waals surface area contributed by atoms with Crippen LogP contribution in [0.15, 0.2) is 18.2 Å². The second kappa shape index (κ2) is 11.0. The zero-order valence-corrected chi connectivity index (χ0v) is 19.4. The number of phosphoric ester groups is 1. The molecule has 0 heterocycles. The van der Waals surface area contributed by atoms with Gasteiger partial charge in [-0.25, -0.2) is 9.09 Å². The van der Waals surface area contributed by atoms with Gasteiger partial charge in [-0.3, -0.25) is 0 Å². The fraction of sp³-hybridized carbons (Fsp3) is 0.538. The summed E-state index contributed by atoms with van der Waals surface area (Å²) in [6.45, 7) is 7.69. The molecular formula is C13H21O5PY2. The third kappa shape index (κ3) is 8.67. The van der Waals surface area contributed by atoms with Crippen molar-refractivity contribution in [3.63, 3.8) is 0 Å². The van der Waals surface area contributed by atoms with Crippen molar-refractivity contribution in [2.75, 3.05) is 6.79 Å². The van der Waals surface area contributed by atoms with Gasteiger partial charge >= 0.3 is 7.82 Å². The van der Waals surface area contributed by atoms with E-state index in [4.69, 9.17) is 14.5 Å². The van der Waals surface area contributed by atoms with Crippen molar-refractivity contribution in [1.29, 1.82) is 0 Å². The first-order valence-corrected chi connectivity index (χ1v) is 7.71. The molecule has 0 saturated carbocycles. The average Bonchev–Trinajstić information content (AvgIpc) is 2.26. The van der Waals surface area contributed by atoms with E-state index in [-0.39, 0.29) is 77.3 Å². The third-order valence-corrected chi connectivity index (χ3v) is 3.19. The normalized spacial score (nSPS) is 11.0. The van der Waals surface area contributed by atoms with E-state index in [1.54, 1.807) is 0 Å². The van der Waals surface area contributed by atoms with E-state index in [1.165, 1.54) is 0 Å². The number of benzene rings is 1. The zero-order valence-electron chi connectivity index (χ0n) is 12.8. The van der Waals surface area contributed by atoms with Gasteiger partial charge in [-0.1, -0.05) is 45.9 Å². The summed E-state index contributed by atoms with van der Waals surface area (Å²) < 4.78 is 20.5. The summed E-state index contributed by atoms with van der Waals surface area (Å²) >= 11 is 0. The molecular weight excluding hydrogens is 445 g/mol. The Morgan fingerprint density at radius 1 is 1.05 bits per heavy atom. The smallest absolute Gasteiger partial charge is 0.466 e. The van der Waals surface area contributed by atoms with Crippen LogP contribution in [0, 0.1) is 0 Å². The van der Waals surface area contributed by atoms with Gasteiger partial charge in [0.2, 0.25) is 0 Å². The summed E-state index contributed by atoms with van der Waals surface area (Å²) in [5.74, 6) is 1.16. The number of phosphoric acid groups is 1. The molecule has 1 rings (SSSR count). The minimum atomic E-state index is -4.51. The first kappa shape index (κ1) is 24.6. The van der Waals surface area contributed by atoms with Gasteiger partial charge in [-0.05, 0) is 23.0 Å². The number of para-hydroxylation sites is 1. The molecule has 0 aromatic heterocycles. The van der Waals surface area contributed by atoms with Gasteiger partial charge in [0.25, 0.3) is 0 Å². The van der Waals surface area contributed by atoms with Crippen molar-refractivity contribution in [2.45, 2.75) is 39.5 Å². The second-order valence-corrected chi connectivity index (χ2v) is 6.20. The quantitative estimate of drug-likeness (QED) is 0.497. The average molecular weight is 466 g/mol. The Kier molecular flexibility index (Phi) is 12.9. The summed E-state index contributed by atoms with van der Waals surface area (Å²) in [5, 5.41) is 0. The molecule has 0 aliphatic carbocycles. The number of rotatable bonds is 6. The molecule has 0 atom stereocenters. The van der Waals surface area contributed by atoms with Crippen LogP contribution in [-0.2, 0) is 74.5 Å². The molecule has 114 valence electrons. The molecule has 2 radical (unpaired) electrons. The molecule has 1 aromatic carbocycles. The fourth-order valence-corrected chi connectivity index (χ4v) is 1.99. The first-order chi connectivity index (χ1) is 8.72. The van der Waals surface area contributed by atoms with Crippen LogP contribution >= 0.6 is 7.82 Å². The predicted octanol–water partition coefficient (Wildman–Crippen LogP) is 3.37. The van der Waals surface area contributed by atoms with Crippen molar-refractivity contribution >= 4 is 7.82 Å². The van der Waals surface area contributed by atoms with E-state index in [2.05, 4.69) is 4.52 Å². The van der Waals surface area contributed by atoms with Crippen LogP contribution in [-0.4, -0.2) is 16.6 Å². The Bertz CT molecular complexity index is 447. The topological polar surface area (TPSA) is 76.0 Å². The Balaban J connectivity index is 0. The molecule has 0 aliphatic rings. The Morgan fingerprint density at radius 2 is 1.48 bits per heavy atom.